The zero-order valence-electron chi connectivity index (χ0n) is 8.11. The van der Waals surface area contributed by atoms with E-state index in [9.17, 15) is 10.1 Å². The van der Waals surface area contributed by atoms with Crippen LogP contribution in [0.5, 0.6) is 0 Å². The highest BCUT2D eigenvalue weighted by Crippen LogP contribution is 2.16. The molecule has 0 saturated heterocycles. The van der Waals surface area contributed by atoms with Crippen molar-refractivity contribution in [2.24, 2.45) is 0 Å². The summed E-state index contributed by atoms with van der Waals surface area (Å²) in [5, 5.41) is 14.1. The Morgan fingerprint density at radius 1 is 1.46 bits per heavy atom. The predicted octanol–water partition coefficient (Wildman–Crippen LogP) is 1.25. The number of nitrogens with zero attached hydrogens (tertiary/aromatic N) is 4. The smallest absolute Gasteiger partial charge is 0.390 e. The second-order valence-electron chi connectivity index (χ2n) is 3.80. The van der Waals surface area contributed by atoms with Gasteiger partial charge in [-0.3, -0.25) is 0 Å². The predicted molar refractivity (Wildman–Crippen MR) is 46.4 cm³/mol. The second kappa shape index (κ2) is 2.79. The Kier molecular flexibility index (Phi) is 2.07. The van der Waals surface area contributed by atoms with Crippen molar-refractivity contribution in [2.45, 2.75) is 33.2 Å². The standard InChI is InChI=1S/C7H12N4O2/c1-5-8-6(11(12)13)9-10(5)7(2,3)4/h1-4H3. The van der Waals surface area contributed by atoms with E-state index in [1.165, 1.54) is 0 Å². The Labute approximate surface area is 75.7 Å². The highest BCUT2D eigenvalue weighted by molar-refractivity contribution is 5.04. The number of aryl methyl sites for hydroxylation is 1. The van der Waals surface area contributed by atoms with E-state index >= 15 is 0 Å². The van der Waals surface area contributed by atoms with Gasteiger partial charge in [-0.05, 0) is 30.7 Å². The van der Waals surface area contributed by atoms with Crippen molar-refractivity contribution in [3.63, 3.8) is 0 Å². The lowest BCUT2D eigenvalue weighted by Crippen LogP contribution is -2.24. The van der Waals surface area contributed by atoms with Crippen LogP contribution in [0.2, 0.25) is 0 Å². The van der Waals surface area contributed by atoms with E-state index in [2.05, 4.69) is 10.1 Å². The maximum Gasteiger partial charge on any atom is 0.491 e. The SMILES string of the molecule is Cc1nc([N+](=O)[O-])nn1C(C)(C)C. The zero-order chi connectivity index (χ0) is 10.2. The minimum absolute atomic E-state index is 0.272. The number of aromatic nitrogens is 3. The molecular formula is C7H12N4O2. The molecule has 1 aromatic rings. The summed E-state index contributed by atoms with van der Waals surface area (Å²) >= 11 is 0. The number of hydrogen-bond acceptors (Lipinski definition) is 4. The summed E-state index contributed by atoms with van der Waals surface area (Å²) in [5.41, 5.74) is -0.272. The molecule has 0 fully saturated rings. The Balaban J connectivity index is 3.18. The minimum atomic E-state index is -0.588. The van der Waals surface area contributed by atoms with Crippen molar-refractivity contribution in [3.05, 3.63) is 15.9 Å². The molecule has 6 heteroatoms. The average Bonchev–Trinajstić information content (AvgIpc) is 2.29. The van der Waals surface area contributed by atoms with Gasteiger partial charge in [-0.25, -0.2) is 0 Å². The highest BCUT2D eigenvalue weighted by Gasteiger charge is 2.26. The molecule has 0 aliphatic rings. The summed E-state index contributed by atoms with van der Waals surface area (Å²) in [6.07, 6.45) is 0. The third kappa shape index (κ3) is 1.82. The van der Waals surface area contributed by atoms with E-state index in [4.69, 9.17) is 0 Å². The van der Waals surface area contributed by atoms with Crippen LogP contribution in [0, 0.1) is 17.0 Å². The second-order valence-corrected chi connectivity index (χ2v) is 3.80. The van der Waals surface area contributed by atoms with E-state index in [0.29, 0.717) is 5.82 Å². The molecule has 0 unspecified atom stereocenters. The molecule has 0 aromatic carbocycles. The summed E-state index contributed by atoms with van der Waals surface area (Å²) in [6.45, 7) is 7.44. The van der Waals surface area contributed by atoms with Gasteiger partial charge in [0.1, 0.15) is 0 Å². The van der Waals surface area contributed by atoms with Crippen LogP contribution in [0.25, 0.3) is 0 Å². The molecule has 0 aliphatic heterocycles. The third-order valence-corrected chi connectivity index (χ3v) is 1.56. The first-order valence-electron chi connectivity index (χ1n) is 3.91. The normalized spacial score (nSPS) is 11.7. The van der Waals surface area contributed by atoms with Gasteiger partial charge in [0.25, 0.3) is 0 Å². The van der Waals surface area contributed by atoms with Crippen LogP contribution in [-0.2, 0) is 5.54 Å². The quantitative estimate of drug-likeness (QED) is 0.486. The molecule has 0 bridgehead atoms. The molecule has 0 spiro atoms. The van der Waals surface area contributed by atoms with E-state index in [1.807, 2.05) is 20.8 Å². The fourth-order valence-corrected chi connectivity index (χ4v) is 1.09. The van der Waals surface area contributed by atoms with Crippen LogP contribution in [0.1, 0.15) is 26.6 Å². The van der Waals surface area contributed by atoms with Crippen LogP contribution in [0.4, 0.5) is 5.95 Å². The van der Waals surface area contributed by atoms with Gasteiger partial charge in [-0.15, -0.1) is 0 Å². The molecule has 1 rings (SSSR count). The maximum atomic E-state index is 10.4. The van der Waals surface area contributed by atoms with E-state index in [0.717, 1.165) is 0 Å². The first kappa shape index (κ1) is 9.63. The van der Waals surface area contributed by atoms with Gasteiger partial charge >= 0.3 is 5.95 Å². The topological polar surface area (TPSA) is 73.8 Å². The lowest BCUT2D eigenvalue weighted by Gasteiger charge is -2.15. The largest absolute Gasteiger partial charge is 0.491 e. The van der Waals surface area contributed by atoms with Gasteiger partial charge in [0.05, 0.1) is 5.54 Å². The van der Waals surface area contributed by atoms with Gasteiger partial charge in [0, 0.05) is 12.0 Å². The molecule has 0 radical (unpaired) electrons. The summed E-state index contributed by atoms with van der Waals surface area (Å²) in [7, 11) is 0. The fourth-order valence-electron chi connectivity index (χ4n) is 1.09. The van der Waals surface area contributed by atoms with Gasteiger partial charge in [-0.1, -0.05) is 0 Å². The lowest BCUT2D eigenvalue weighted by atomic mass is 10.1. The summed E-state index contributed by atoms with van der Waals surface area (Å²) in [5.74, 6) is 0.214. The summed E-state index contributed by atoms with van der Waals surface area (Å²) in [4.78, 5) is 13.5. The summed E-state index contributed by atoms with van der Waals surface area (Å²) in [6, 6.07) is 0. The third-order valence-electron chi connectivity index (χ3n) is 1.56. The van der Waals surface area contributed by atoms with Gasteiger partial charge in [-0.2, -0.15) is 4.68 Å². The van der Waals surface area contributed by atoms with E-state index in [1.54, 1.807) is 11.6 Å². The Morgan fingerprint density at radius 3 is 2.23 bits per heavy atom. The van der Waals surface area contributed by atoms with Crippen molar-refractivity contribution in [1.82, 2.24) is 14.8 Å². The molecule has 0 N–H and O–H groups in total. The van der Waals surface area contributed by atoms with Gasteiger partial charge in [0.15, 0.2) is 0 Å². The van der Waals surface area contributed by atoms with Crippen LogP contribution < -0.4 is 0 Å². The van der Waals surface area contributed by atoms with Crippen LogP contribution >= 0.6 is 0 Å². The molecule has 6 nitrogen and oxygen atoms in total. The van der Waals surface area contributed by atoms with E-state index in [-0.39, 0.29) is 11.5 Å². The van der Waals surface area contributed by atoms with Crippen molar-refractivity contribution >= 4 is 5.95 Å². The number of rotatable bonds is 1. The van der Waals surface area contributed by atoms with Gasteiger partial charge < -0.3 is 10.1 Å². The summed E-state index contributed by atoms with van der Waals surface area (Å²) < 4.78 is 1.55. The fraction of sp³-hybridized carbons (Fsp3) is 0.714. The molecule has 1 aromatic heterocycles. The Morgan fingerprint density at radius 2 is 2.00 bits per heavy atom. The van der Waals surface area contributed by atoms with Crippen molar-refractivity contribution in [3.8, 4) is 0 Å². The van der Waals surface area contributed by atoms with E-state index < -0.39 is 4.92 Å². The number of hydrogen-bond donors (Lipinski definition) is 0. The first-order valence-corrected chi connectivity index (χ1v) is 3.91. The minimum Gasteiger partial charge on any atom is -0.390 e. The molecule has 0 atom stereocenters. The van der Waals surface area contributed by atoms with Crippen molar-refractivity contribution in [2.75, 3.05) is 0 Å². The van der Waals surface area contributed by atoms with Gasteiger partial charge in [0.2, 0.25) is 5.82 Å². The number of nitro groups is 1. The molecule has 0 saturated carbocycles. The molecule has 72 valence electrons. The molecular weight excluding hydrogens is 172 g/mol. The van der Waals surface area contributed by atoms with Crippen LogP contribution in [0.15, 0.2) is 0 Å². The Bertz CT molecular complexity index is 337. The molecule has 0 aliphatic carbocycles. The average molecular weight is 184 g/mol. The van der Waals surface area contributed by atoms with Crippen LogP contribution in [0.3, 0.4) is 0 Å². The maximum absolute atomic E-state index is 10.4. The molecule has 1 heterocycles. The Hall–Kier alpha value is -1.46. The van der Waals surface area contributed by atoms with Crippen molar-refractivity contribution < 1.29 is 4.92 Å². The highest BCUT2D eigenvalue weighted by atomic mass is 16.6. The lowest BCUT2D eigenvalue weighted by molar-refractivity contribution is -0.394. The zero-order valence-corrected chi connectivity index (χ0v) is 8.11. The van der Waals surface area contributed by atoms with Crippen LogP contribution in [-0.4, -0.2) is 19.7 Å². The monoisotopic (exact) mass is 184 g/mol. The first-order chi connectivity index (χ1) is 5.82. The molecule has 0 amide bonds. The van der Waals surface area contributed by atoms with Crippen molar-refractivity contribution in [1.29, 1.82) is 0 Å². The molecule has 13 heavy (non-hydrogen) atoms.